The van der Waals surface area contributed by atoms with E-state index in [1.54, 1.807) is 9.91 Å². The second-order valence-corrected chi connectivity index (χ2v) is 6.50. The van der Waals surface area contributed by atoms with Crippen LogP contribution in [0.3, 0.4) is 0 Å². The maximum atomic E-state index is 12.6. The summed E-state index contributed by atoms with van der Waals surface area (Å²) in [6.07, 6.45) is 2.40. The second kappa shape index (κ2) is 6.51. The predicted octanol–water partition coefficient (Wildman–Crippen LogP) is 3.89. The topological polar surface area (TPSA) is 44.8 Å². The molecule has 0 spiro atoms. The Kier molecular flexibility index (Phi) is 4.06. The predicted molar refractivity (Wildman–Crippen MR) is 96.8 cm³/mol. The Morgan fingerprint density at radius 1 is 1.08 bits per heavy atom. The Morgan fingerprint density at radius 3 is 2.48 bits per heavy atom. The molecule has 2 aromatic carbocycles. The van der Waals surface area contributed by atoms with Gasteiger partial charge in [0.05, 0.1) is 5.69 Å². The summed E-state index contributed by atoms with van der Waals surface area (Å²) in [7, 11) is 0. The first kappa shape index (κ1) is 15.6. The lowest BCUT2D eigenvalue weighted by atomic mass is 10.2. The van der Waals surface area contributed by atoms with Crippen LogP contribution in [0.4, 0.5) is 10.5 Å². The zero-order valence-corrected chi connectivity index (χ0v) is 14.0. The van der Waals surface area contributed by atoms with Gasteiger partial charge < -0.3 is 4.74 Å². The Labute approximate surface area is 147 Å². The summed E-state index contributed by atoms with van der Waals surface area (Å²) in [5, 5.41) is 1.65. The van der Waals surface area contributed by atoms with Gasteiger partial charge in [0.15, 0.2) is 0 Å². The number of urea groups is 1. The minimum atomic E-state index is -0.0742. The highest BCUT2D eigenvalue weighted by Gasteiger charge is 2.36. The number of carbonyl (C=O) groups excluding carboxylic acids is 1. The quantitative estimate of drug-likeness (QED) is 0.871. The SMILES string of the molecule is C=C1NN(CC2CC2)C(=O)N1c1ccc(OCc2ccccc2)cc1. The zero-order valence-electron chi connectivity index (χ0n) is 14.0. The van der Waals surface area contributed by atoms with Crippen molar-refractivity contribution in [2.24, 2.45) is 5.92 Å². The molecule has 5 nitrogen and oxygen atoms in total. The van der Waals surface area contributed by atoms with Gasteiger partial charge in [0.2, 0.25) is 0 Å². The van der Waals surface area contributed by atoms with Gasteiger partial charge in [-0.15, -0.1) is 0 Å². The van der Waals surface area contributed by atoms with Gasteiger partial charge >= 0.3 is 6.03 Å². The highest BCUT2D eigenvalue weighted by atomic mass is 16.5. The number of benzene rings is 2. The number of hydrogen-bond donors (Lipinski definition) is 1. The van der Waals surface area contributed by atoms with Crippen molar-refractivity contribution < 1.29 is 9.53 Å². The largest absolute Gasteiger partial charge is 0.489 e. The molecule has 0 unspecified atom stereocenters. The number of nitrogens with zero attached hydrogens (tertiary/aromatic N) is 2. The van der Waals surface area contributed by atoms with Gasteiger partial charge in [-0.05, 0) is 48.6 Å². The van der Waals surface area contributed by atoms with Crippen LogP contribution in [0.5, 0.6) is 5.75 Å². The molecule has 4 rings (SSSR count). The van der Waals surface area contributed by atoms with Crippen molar-refractivity contribution in [2.75, 3.05) is 11.4 Å². The number of rotatable bonds is 6. The second-order valence-electron chi connectivity index (χ2n) is 6.50. The molecule has 1 heterocycles. The molecule has 2 aromatic rings. The highest BCUT2D eigenvalue weighted by molar-refractivity contribution is 5.97. The van der Waals surface area contributed by atoms with Crippen molar-refractivity contribution in [3.8, 4) is 5.75 Å². The summed E-state index contributed by atoms with van der Waals surface area (Å²) in [5.41, 5.74) is 4.97. The molecule has 1 aliphatic carbocycles. The molecule has 1 saturated carbocycles. The summed E-state index contributed by atoms with van der Waals surface area (Å²) in [6, 6.07) is 17.5. The van der Waals surface area contributed by atoms with Crippen LogP contribution < -0.4 is 15.1 Å². The van der Waals surface area contributed by atoms with Gasteiger partial charge in [-0.1, -0.05) is 36.9 Å². The molecule has 0 radical (unpaired) electrons. The van der Waals surface area contributed by atoms with Crippen molar-refractivity contribution in [1.29, 1.82) is 0 Å². The minimum absolute atomic E-state index is 0.0742. The van der Waals surface area contributed by atoms with E-state index in [-0.39, 0.29) is 6.03 Å². The zero-order chi connectivity index (χ0) is 17.2. The Morgan fingerprint density at radius 2 is 1.80 bits per heavy atom. The Bertz CT molecular complexity index is 769. The lowest BCUT2D eigenvalue weighted by Crippen LogP contribution is -2.36. The summed E-state index contributed by atoms with van der Waals surface area (Å²) in [5.74, 6) is 1.98. The maximum absolute atomic E-state index is 12.6. The monoisotopic (exact) mass is 335 g/mol. The van der Waals surface area contributed by atoms with Crippen LogP contribution in [-0.2, 0) is 6.61 Å². The molecule has 1 aliphatic heterocycles. The van der Waals surface area contributed by atoms with E-state index in [9.17, 15) is 4.79 Å². The molecule has 2 aliphatic rings. The van der Waals surface area contributed by atoms with E-state index in [0.717, 1.165) is 23.5 Å². The van der Waals surface area contributed by atoms with Gasteiger partial charge in [-0.2, -0.15) is 0 Å². The van der Waals surface area contributed by atoms with Crippen molar-refractivity contribution in [1.82, 2.24) is 10.4 Å². The molecular formula is C20H21N3O2. The average Bonchev–Trinajstić information content (AvgIpc) is 3.40. The maximum Gasteiger partial charge on any atom is 0.348 e. The average molecular weight is 335 g/mol. The number of amides is 2. The third-order valence-electron chi connectivity index (χ3n) is 4.44. The summed E-state index contributed by atoms with van der Waals surface area (Å²) < 4.78 is 5.79. The molecule has 0 aromatic heterocycles. The van der Waals surface area contributed by atoms with Crippen molar-refractivity contribution in [2.45, 2.75) is 19.4 Å². The van der Waals surface area contributed by atoms with Crippen LogP contribution in [0.25, 0.3) is 0 Å². The van der Waals surface area contributed by atoms with E-state index >= 15 is 0 Å². The molecule has 0 atom stereocenters. The van der Waals surface area contributed by atoms with E-state index in [1.807, 2.05) is 54.6 Å². The fourth-order valence-corrected chi connectivity index (χ4v) is 2.87. The number of hydrogen-bond acceptors (Lipinski definition) is 3. The van der Waals surface area contributed by atoms with Crippen LogP contribution in [0.2, 0.25) is 0 Å². The lowest BCUT2D eigenvalue weighted by Gasteiger charge is -2.16. The van der Waals surface area contributed by atoms with Gasteiger partial charge in [0, 0.05) is 6.54 Å². The molecular weight excluding hydrogens is 314 g/mol. The van der Waals surface area contributed by atoms with E-state index in [4.69, 9.17) is 4.74 Å². The van der Waals surface area contributed by atoms with E-state index in [0.29, 0.717) is 18.3 Å². The lowest BCUT2D eigenvalue weighted by molar-refractivity contribution is 0.202. The van der Waals surface area contributed by atoms with Crippen LogP contribution in [-0.4, -0.2) is 17.6 Å². The number of hydrazine groups is 1. The molecule has 2 amide bonds. The van der Waals surface area contributed by atoms with Crippen molar-refractivity contribution >= 4 is 11.7 Å². The smallest absolute Gasteiger partial charge is 0.348 e. The first-order chi connectivity index (χ1) is 12.2. The molecule has 1 saturated heterocycles. The number of anilines is 1. The highest BCUT2D eigenvalue weighted by Crippen LogP contribution is 2.32. The van der Waals surface area contributed by atoms with Crippen LogP contribution in [0, 0.1) is 5.92 Å². The number of nitrogens with one attached hydrogen (secondary N) is 1. The molecule has 0 bridgehead atoms. The number of ether oxygens (including phenoxy) is 1. The summed E-state index contributed by atoms with van der Waals surface area (Å²) in [6.45, 7) is 5.22. The molecule has 128 valence electrons. The van der Waals surface area contributed by atoms with E-state index in [2.05, 4.69) is 12.0 Å². The first-order valence-corrected chi connectivity index (χ1v) is 8.55. The van der Waals surface area contributed by atoms with Gasteiger partial charge in [0.1, 0.15) is 18.2 Å². The Balaban J connectivity index is 1.41. The van der Waals surface area contributed by atoms with Crippen LogP contribution >= 0.6 is 0 Å². The van der Waals surface area contributed by atoms with E-state index in [1.165, 1.54) is 12.8 Å². The molecule has 5 heteroatoms. The Hall–Kier alpha value is -2.95. The van der Waals surface area contributed by atoms with Gasteiger partial charge in [-0.25, -0.2) is 14.7 Å². The van der Waals surface area contributed by atoms with Gasteiger partial charge in [0.25, 0.3) is 0 Å². The number of carbonyl (C=O) groups is 1. The third-order valence-corrected chi connectivity index (χ3v) is 4.44. The van der Waals surface area contributed by atoms with Gasteiger partial charge in [-0.3, -0.25) is 5.43 Å². The molecule has 1 N–H and O–H groups in total. The molecule has 25 heavy (non-hydrogen) atoms. The first-order valence-electron chi connectivity index (χ1n) is 8.55. The van der Waals surface area contributed by atoms with Crippen LogP contribution in [0.1, 0.15) is 18.4 Å². The third kappa shape index (κ3) is 3.45. The van der Waals surface area contributed by atoms with E-state index < -0.39 is 0 Å². The van der Waals surface area contributed by atoms with Crippen molar-refractivity contribution in [3.63, 3.8) is 0 Å². The van der Waals surface area contributed by atoms with Crippen molar-refractivity contribution in [3.05, 3.63) is 72.6 Å². The normalized spacial score (nSPS) is 17.0. The standard InChI is InChI=1S/C20H21N3O2/c1-15-21-22(13-16-7-8-16)20(24)23(15)18-9-11-19(12-10-18)25-14-17-5-3-2-4-6-17/h2-6,9-12,16,21H,1,7-8,13-14H2. The molecule has 2 fully saturated rings. The summed E-state index contributed by atoms with van der Waals surface area (Å²) in [4.78, 5) is 14.2. The van der Waals surface area contributed by atoms with Crippen LogP contribution in [0.15, 0.2) is 67.0 Å². The summed E-state index contributed by atoms with van der Waals surface area (Å²) >= 11 is 0. The minimum Gasteiger partial charge on any atom is -0.489 e. The fraction of sp³-hybridized carbons (Fsp3) is 0.250. The fourth-order valence-electron chi connectivity index (χ4n) is 2.87.